The van der Waals surface area contributed by atoms with Crippen LogP contribution in [0.3, 0.4) is 0 Å². The fraction of sp³-hybridized carbons (Fsp3) is 0.565. The van der Waals surface area contributed by atoms with Crippen LogP contribution in [0, 0.1) is 0 Å². The van der Waals surface area contributed by atoms with Gasteiger partial charge in [0.05, 0.1) is 12.7 Å². The zero-order chi connectivity index (χ0) is 28.8. The second-order valence-electron chi connectivity index (χ2n) is 8.20. The van der Waals surface area contributed by atoms with Crippen LogP contribution in [-0.4, -0.2) is 112 Å². The van der Waals surface area contributed by atoms with Crippen LogP contribution in [0.15, 0.2) is 0 Å². The maximum absolute atomic E-state index is 12.5. The number of carbonyl (C=O) groups is 6. The summed E-state index contributed by atoms with van der Waals surface area (Å²) in [5.74, 6) is -7.66. The van der Waals surface area contributed by atoms with Crippen molar-refractivity contribution in [3.63, 3.8) is 0 Å². The maximum Gasteiger partial charge on any atom is 0.414 e. The van der Waals surface area contributed by atoms with Crippen LogP contribution in [0.2, 0.25) is 0 Å². The Balaban J connectivity index is 0.000000503. The SMILES string of the molecule is CCN1CCN(CCC(=O)Nc2sc3c(c2C(=O)OC)CCCC3)CC1.O=C(O)C(=O)O.O=C(O)C(=O)O. The van der Waals surface area contributed by atoms with Crippen molar-refractivity contribution in [2.24, 2.45) is 0 Å². The summed E-state index contributed by atoms with van der Waals surface area (Å²) in [6.07, 6.45) is 4.57. The largest absolute Gasteiger partial charge is 0.473 e. The molecule has 0 spiro atoms. The van der Waals surface area contributed by atoms with Crippen molar-refractivity contribution in [1.29, 1.82) is 0 Å². The van der Waals surface area contributed by atoms with Gasteiger partial charge in [0.1, 0.15) is 5.00 Å². The van der Waals surface area contributed by atoms with Gasteiger partial charge in [-0.25, -0.2) is 24.0 Å². The van der Waals surface area contributed by atoms with Crippen molar-refractivity contribution in [3.8, 4) is 0 Å². The Hall–Kier alpha value is -3.56. The van der Waals surface area contributed by atoms with Gasteiger partial charge in [0.2, 0.25) is 5.91 Å². The summed E-state index contributed by atoms with van der Waals surface area (Å²) in [7, 11) is 1.40. The second-order valence-corrected chi connectivity index (χ2v) is 9.31. The van der Waals surface area contributed by atoms with E-state index in [1.165, 1.54) is 12.0 Å². The van der Waals surface area contributed by atoms with E-state index in [9.17, 15) is 9.59 Å². The lowest BCUT2D eigenvalue weighted by atomic mass is 9.95. The molecule has 2 aliphatic rings. The number of aryl methyl sites for hydroxylation is 1. The lowest BCUT2D eigenvalue weighted by molar-refractivity contribution is -0.159. The smallest absolute Gasteiger partial charge is 0.414 e. The van der Waals surface area contributed by atoms with Gasteiger partial charge in [-0.1, -0.05) is 6.92 Å². The molecule has 0 bridgehead atoms. The van der Waals surface area contributed by atoms with E-state index in [4.69, 9.17) is 44.3 Å². The standard InChI is InChI=1S/C19H29N3O3S.2C2H2O4/c1-3-21-10-12-22(13-11-21)9-8-16(23)20-18-17(19(24)25-2)14-6-4-5-7-15(14)26-18;2*3-1(4)2(5)6/h3-13H2,1-2H3,(H,20,23);2*(H,3,4)(H,5,6). The van der Waals surface area contributed by atoms with E-state index in [2.05, 4.69) is 22.0 Å². The fourth-order valence-electron chi connectivity index (χ4n) is 3.75. The summed E-state index contributed by atoms with van der Waals surface area (Å²) in [4.78, 5) is 67.1. The van der Waals surface area contributed by atoms with Crippen molar-refractivity contribution >= 4 is 52.1 Å². The van der Waals surface area contributed by atoms with E-state index < -0.39 is 23.9 Å². The minimum Gasteiger partial charge on any atom is -0.473 e. The summed E-state index contributed by atoms with van der Waals surface area (Å²) in [5.41, 5.74) is 1.66. The highest BCUT2D eigenvalue weighted by Gasteiger charge is 2.27. The number of ether oxygens (including phenoxy) is 1. The summed E-state index contributed by atoms with van der Waals surface area (Å²) >= 11 is 1.55. The summed E-state index contributed by atoms with van der Waals surface area (Å²) in [6.45, 7) is 8.21. The van der Waals surface area contributed by atoms with Crippen LogP contribution >= 0.6 is 11.3 Å². The molecule has 14 nitrogen and oxygen atoms in total. The monoisotopic (exact) mass is 559 g/mol. The Morgan fingerprint density at radius 2 is 1.34 bits per heavy atom. The molecule has 0 unspecified atom stereocenters. The highest BCUT2D eigenvalue weighted by Crippen LogP contribution is 2.38. The number of nitrogens with zero attached hydrogens (tertiary/aromatic N) is 2. The minimum absolute atomic E-state index is 0.0216. The molecular formula is C23H33N3O11S. The number of likely N-dealkylation sites (N-methyl/N-ethyl adjacent to an activating group) is 1. The Kier molecular flexibility index (Phi) is 13.9. The molecule has 0 radical (unpaired) electrons. The minimum atomic E-state index is -1.82. The Bertz CT molecular complexity index is 968. The third kappa shape index (κ3) is 10.8. The number of carbonyl (C=O) groups excluding carboxylic acids is 2. The van der Waals surface area contributed by atoms with E-state index in [1.54, 1.807) is 11.3 Å². The van der Waals surface area contributed by atoms with E-state index >= 15 is 0 Å². The summed E-state index contributed by atoms with van der Waals surface area (Å²) < 4.78 is 4.96. The number of rotatable bonds is 6. The number of nitrogens with one attached hydrogen (secondary N) is 1. The molecular weight excluding hydrogens is 526 g/mol. The molecule has 0 saturated carbocycles. The van der Waals surface area contributed by atoms with Crippen LogP contribution in [0.1, 0.15) is 47.0 Å². The normalized spacial score (nSPS) is 14.9. The van der Waals surface area contributed by atoms with Crippen LogP contribution in [0.4, 0.5) is 5.00 Å². The first-order chi connectivity index (χ1) is 17.9. The average Bonchev–Trinajstić information content (AvgIpc) is 3.25. The number of carboxylic acids is 4. The Morgan fingerprint density at radius 3 is 1.82 bits per heavy atom. The van der Waals surface area contributed by atoms with E-state index in [0.29, 0.717) is 17.0 Å². The number of carboxylic acid groups (broad SMARTS) is 4. The number of hydrogen-bond donors (Lipinski definition) is 5. The summed E-state index contributed by atoms with van der Waals surface area (Å²) in [6, 6.07) is 0. The number of thiophene rings is 1. The highest BCUT2D eigenvalue weighted by atomic mass is 32.1. The Morgan fingerprint density at radius 1 is 0.842 bits per heavy atom. The lowest BCUT2D eigenvalue weighted by Gasteiger charge is -2.33. The van der Waals surface area contributed by atoms with Gasteiger partial charge in [0, 0.05) is 44.0 Å². The van der Waals surface area contributed by atoms with Gasteiger partial charge in [0.25, 0.3) is 0 Å². The number of hydrogen-bond acceptors (Lipinski definition) is 10. The second kappa shape index (κ2) is 16.3. The van der Waals surface area contributed by atoms with E-state index in [0.717, 1.165) is 70.5 Å². The van der Waals surface area contributed by atoms with Crippen LogP contribution in [-0.2, 0) is 41.6 Å². The van der Waals surface area contributed by atoms with Crippen LogP contribution in [0.25, 0.3) is 0 Å². The number of aliphatic carboxylic acids is 4. The van der Waals surface area contributed by atoms with Gasteiger partial charge < -0.3 is 40.3 Å². The van der Waals surface area contributed by atoms with E-state index in [1.807, 2.05) is 0 Å². The molecule has 1 aliphatic heterocycles. The molecule has 1 fully saturated rings. The van der Waals surface area contributed by atoms with Crippen molar-refractivity contribution < 1.29 is 53.9 Å². The molecule has 1 amide bonds. The molecule has 212 valence electrons. The van der Waals surface area contributed by atoms with Gasteiger partial charge in [0.15, 0.2) is 0 Å². The van der Waals surface area contributed by atoms with Crippen molar-refractivity contribution in [3.05, 3.63) is 16.0 Å². The zero-order valence-corrected chi connectivity index (χ0v) is 22.0. The fourth-order valence-corrected chi connectivity index (χ4v) is 5.04. The Labute approximate surface area is 222 Å². The average molecular weight is 560 g/mol. The summed E-state index contributed by atoms with van der Waals surface area (Å²) in [5, 5.41) is 33.2. The molecule has 0 aromatic carbocycles. The number of esters is 1. The number of piperazine rings is 1. The molecule has 0 atom stereocenters. The van der Waals surface area contributed by atoms with Crippen molar-refractivity contribution in [2.75, 3.05) is 51.7 Å². The predicted octanol–water partition coefficient (Wildman–Crippen LogP) is 0.691. The molecule has 15 heteroatoms. The molecule has 1 aromatic heterocycles. The number of fused-ring (bicyclic) bond motifs is 1. The van der Waals surface area contributed by atoms with Gasteiger partial charge in [-0.15, -0.1) is 11.3 Å². The van der Waals surface area contributed by atoms with Gasteiger partial charge >= 0.3 is 29.8 Å². The lowest BCUT2D eigenvalue weighted by Crippen LogP contribution is -2.46. The molecule has 5 N–H and O–H groups in total. The van der Waals surface area contributed by atoms with Gasteiger partial charge in [-0.3, -0.25) is 4.79 Å². The zero-order valence-electron chi connectivity index (χ0n) is 21.2. The molecule has 2 heterocycles. The predicted molar refractivity (Wildman–Crippen MR) is 135 cm³/mol. The van der Waals surface area contributed by atoms with Gasteiger partial charge in [-0.2, -0.15) is 0 Å². The molecule has 38 heavy (non-hydrogen) atoms. The first-order valence-corrected chi connectivity index (χ1v) is 12.6. The van der Waals surface area contributed by atoms with Crippen LogP contribution < -0.4 is 5.32 Å². The molecule has 1 aromatic rings. The number of methoxy groups -OCH3 is 1. The molecule has 3 rings (SSSR count). The first kappa shape index (κ1) is 32.5. The number of anilines is 1. The van der Waals surface area contributed by atoms with Crippen LogP contribution in [0.5, 0.6) is 0 Å². The maximum atomic E-state index is 12.5. The molecule has 1 aliphatic carbocycles. The quantitative estimate of drug-likeness (QED) is 0.240. The molecule has 1 saturated heterocycles. The third-order valence-corrected chi connectivity index (χ3v) is 6.95. The van der Waals surface area contributed by atoms with Crippen molar-refractivity contribution in [1.82, 2.24) is 9.80 Å². The third-order valence-electron chi connectivity index (χ3n) is 5.75. The highest BCUT2D eigenvalue weighted by molar-refractivity contribution is 7.17. The topological polar surface area (TPSA) is 211 Å². The van der Waals surface area contributed by atoms with Gasteiger partial charge in [-0.05, 0) is 37.8 Å². The number of amides is 1. The van der Waals surface area contributed by atoms with E-state index in [-0.39, 0.29) is 11.9 Å². The first-order valence-electron chi connectivity index (χ1n) is 11.8. The van der Waals surface area contributed by atoms with Crippen molar-refractivity contribution in [2.45, 2.75) is 39.0 Å².